The van der Waals surface area contributed by atoms with Crippen molar-refractivity contribution in [2.24, 2.45) is 0 Å². The number of nitrogens with zero attached hydrogens (tertiary/aromatic N) is 3. The quantitative estimate of drug-likeness (QED) is 0.778. The Labute approximate surface area is 111 Å². The summed E-state index contributed by atoms with van der Waals surface area (Å²) >= 11 is 0. The Morgan fingerprint density at radius 2 is 2.06 bits per heavy atom. The van der Waals surface area contributed by atoms with Crippen LogP contribution in [-0.2, 0) is 19.3 Å². The first-order chi connectivity index (χ1) is 8.21. The molecule has 0 spiro atoms. The summed E-state index contributed by atoms with van der Waals surface area (Å²) in [5, 5.41) is 7.45. The van der Waals surface area contributed by atoms with Gasteiger partial charge in [-0.25, -0.2) is 8.42 Å². The highest BCUT2D eigenvalue weighted by atomic mass is 35.7. The highest BCUT2D eigenvalue weighted by Crippen LogP contribution is 2.32. The second-order valence-electron chi connectivity index (χ2n) is 5.29. The number of hydrogen-bond acceptors (Lipinski definition) is 5. The molecule has 8 heteroatoms. The largest absolute Gasteiger partial charge is 0.370 e. The molecule has 1 aromatic rings. The fourth-order valence-corrected chi connectivity index (χ4v) is 3.08. The zero-order valence-corrected chi connectivity index (χ0v) is 12.1. The summed E-state index contributed by atoms with van der Waals surface area (Å²) in [6.07, 6.45) is 1.55. The van der Waals surface area contributed by atoms with Gasteiger partial charge in [-0.2, -0.15) is 0 Å². The van der Waals surface area contributed by atoms with E-state index in [1.807, 2.05) is 20.8 Å². The summed E-state index contributed by atoms with van der Waals surface area (Å²) in [6, 6.07) is 0. The molecule has 1 aliphatic heterocycles. The normalized spacial score (nSPS) is 21.4. The Balaban J connectivity index is 2.58. The monoisotopic (exact) mass is 293 g/mol. The van der Waals surface area contributed by atoms with Crippen molar-refractivity contribution in [3.63, 3.8) is 0 Å². The summed E-state index contributed by atoms with van der Waals surface area (Å²) in [4.78, 5) is 0. The molecular weight excluding hydrogens is 278 g/mol. The van der Waals surface area contributed by atoms with E-state index >= 15 is 0 Å². The number of aromatic nitrogens is 3. The lowest BCUT2D eigenvalue weighted by atomic mass is 10.1. The van der Waals surface area contributed by atoms with Crippen molar-refractivity contribution < 1.29 is 13.2 Å². The molecule has 0 bridgehead atoms. The summed E-state index contributed by atoms with van der Waals surface area (Å²) in [5.41, 5.74) is -0.484. The summed E-state index contributed by atoms with van der Waals surface area (Å²) in [6.45, 7) is 6.28. The first-order valence-corrected chi connectivity index (χ1v) is 8.04. The summed E-state index contributed by atoms with van der Waals surface area (Å²) in [7, 11) is 1.48. The molecule has 0 aromatic carbocycles. The zero-order valence-electron chi connectivity index (χ0n) is 10.6. The van der Waals surface area contributed by atoms with Gasteiger partial charge in [0.05, 0.1) is 0 Å². The molecule has 1 aromatic heterocycles. The molecule has 1 aliphatic rings. The van der Waals surface area contributed by atoms with Crippen LogP contribution in [0, 0.1) is 0 Å². The van der Waals surface area contributed by atoms with Gasteiger partial charge in [-0.05, 0) is 33.6 Å². The van der Waals surface area contributed by atoms with Crippen LogP contribution in [0.3, 0.4) is 0 Å². The van der Waals surface area contributed by atoms with Gasteiger partial charge in [0.2, 0.25) is 0 Å². The first kappa shape index (κ1) is 13.8. The lowest BCUT2D eigenvalue weighted by Crippen LogP contribution is -2.28. The molecule has 0 amide bonds. The minimum Gasteiger partial charge on any atom is -0.370 e. The molecular formula is C10H16ClN3O3S. The van der Waals surface area contributed by atoms with Crippen molar-refractivity contribution in [3.05, 3.63) is 5.82 Å². The SMILES string of the molecule is CC(C)(C)n1c(C2CCCO2)nnc1S(=O)(=O)Cl. The standard InChI is InChI=1S/C10H16ClN3O3S/c1-10(2,3)14-8(7-5-4-6-17-7)12-13-9(14)18(11,15)16/h7H,4-6H2,1-3H3. The average Bonchev–Trinajstić information content (AvgIpc) is 2.83. The van der Waals surface area contributed by atoms with E-state index in [-0.39, 0.29) is 11.3 Å². The van der Waals surface area contributed by atoms with E-state index in [4.69, 9.17) is 15.4 Å². The number of hydrogen-bond donors (Lipinski definition) is 0. The maximum absolute atomic E-state index is 11.5. The third-order valence-electron chi connectivity index (χ3n) is 2.76. The van der Waals surface area contributed by atoms with Crippen molar-refractivity contribution in [2.45, 2.75) is 50.4 Å². The van der Waals surface area contributed by atoms with E-state index in [2.05, 4.69) is 10.2 Å². The van der Waals surface area contributed by atoms with Crippen LogP contribution in [0.25, 0.3) is 0 Å². The van der Waals surface area contributed by atoms with Crippen LogP contribution >= 0.6 is 10.7 Å². The van der Waals surface area contributed by atoms with Gasteiger partial charge in [0, 0.05) is 22.8 Å². The van der Waals surface area contributed by atoms with Gasteiger partial charge in [-0.1, -0.05) is 0 Å². The predicted molar refractivity (Wildman–Crippen MR) is 66.0 cm³/mol. The molecule has 1 fully saturated rings. The summed E-state index contributed by atoms with van der Waals surface area (Å²) < 4.78 is 30.1. The smallest absolute Gasteiger partial charge is 0.296 e. The van der Waals surface area contributed by atoms with Crippen LogP contribution in [0.2, 0.25) is 0 Å². The number of halogens is 1. The fraction of sp³-hybridized carbons (Fsp3) is 0.800. The van der Waals surface area contributed by atoms with E-state index < -0.39 is 14.6 Å². The van der Waals surface area contributed by atoms with Gasteiger partial charge in [0.15, 0.2) is 5.82 Å². The minimum atomic E-state index is -3.92. The molecule has 18 heavy (non-hydrogen) atoms. The summed E-state index contributed by atoms with van der Waals surface area (Å²) in [5.74, 6) is 0.527. The average molecular weight is 294 g/mol. The fourth-order valence-electron chi connectivity index (χ4n) is 2.06. The van der Waals surface area contributed by atoms with Crippen molar-refractivity contribution >= 4 is 19.7 Å². The molecule has 0 aliphatic carbocycles. The molecule has 1 unspecified atom stereocenters. The highest BCUT2D eigenvalue weighted by Gasteiger charge is 2.34. The minimum absolute atomic E-state index is 0.205. The predicted octanol–water partition coefficient (Wildman–Crippen LogP) is 1.81. The first-order valence-electron chi connectivity index (χ1n) is 5.73. The molecule has 0 saturated carbocycles. The molecule has 102 valence electrons. The Morgan fingerprint density at radius 3 is 2.50 bits per heavy atom. The van der Waals surface area contributed by atoms with E-state index in [9.17, 15) is 8.42 Å². The van der Waals surface area contributed by atoms with Crippen LogP contribution in [-0.4, -0.2) is 29.8 Å². The molecule has 6 nitrogen and oxygen atoms in total. The maximum atomic E-state index is 11.5. The molecule has 0 N–H and O–H groups in total. The lowest BCUT2D eigenvalue weighted by molar-refractivity contribution is 0.0965. The molecule has 2 rings (SSSR count). The second kappa shape index (κ2) is 4.47. The van der Waals surface area contributed by atoms with Gasteiger partial charge in [-0.3, -0.25) is 4.57 Å². The van der Waals surface area contributed by atoms with Crippen LogP contribution in [0.5, 0.6) is 0 Å². The van der Waals surface area contributed by atoms with Gasteiger partial charge in [0.25, 0.3) is 14.2 Å². The highest BCUT2D eigenvalue weighted by molar-refractivity contribution is 8.13. The number of rotatable bonds is 2. The van der Waals surface area contributed by atoms with Crippen molar-refractivity contribution in [3.8, 4) is 0 Å². The number of ether oxygens (including phenoxy) is 1. The Hall–Kier alpha value is -0.660. The molecule has 1 saturated heterocycles. The van der Waals surface area contributed by atoms with E-state index in [0.717, 1.165) is 12.8 Å². The van der Waals surface area contributed by atoms with Crippen molar-refractivity contribution in [1.29, 1.82) is 0 Å². The van der Waals surface area contributed by atoms with Crippen molar-refractivity contribution in [1.82, 2.24) is 14.8 Å². The lowest BCUT2D eigenvalue weighted by Gasteiger charge is -2.25. The van der Waals surface area contributed by atoms with E-state index in [1.165, 1.54) is 0 Å². The Bertz CT molecular complexity index is 541. The van der Waals surface area contributed by atoms with Gasteiger partial charge in [0.1, 0.15) is 6.10 Å². The second-order valence-corrected chi connectivity index (χ2v) is 7.75. The molecule has 0 radical (unpaired) electrons. The van der Waals surface area contributed by atoms with Gasteiger partial charge < -0.3 is 4.74 Å². The van der Waals surface area contributed by atoms with E-state index in [1.54, 1.807) is 4.57 Å². The topological polar surface area (TPSA) is 74.1 Å². The maximum Gasteiger partial charge on any atom is 0.296 e. The van der Waals surface area contributed by atoms with Crippen LogP contribution in [0.4, 0.5) is 0 Å². The van der Waals surface area contributed by atoms with Crippen LogP contribution < -0.4 is 0 Å². The van der Waals surface area contributed by atoms with E-state index in [0.29, 0.717) is 12.4 Å². The van der Waals surface area contributed by atoms with Gasteiger partial charge >= 0.3 is 0 Å². The molecule has 1 atom stereocenters. The zero-order chi connectivity index (χ0) is 13.6. The third kappa shape index (κ3) is 2.53. The Morgan fingerprint density at radius 1 is 1.39 bits per heavy atom. The van der Waals surface area contributed by atoms with Crippen molar-refractivity contribution in [2.75, 3.05) is 6.61 Å². The Kier molecular flexibility index (Phi) is 3.42. The van der Waals surface area contributed by atoms with Gasteiger partial charge in [-0.15, -0.1) is 10.2 Å². The van der Waals surface area contributed by atoms with Crippen LogP contribution in [0.15, 0.2) is 5.16 Å². The molecule has 2 heterocycles. The third-order valence-corrected chi connectivity index (χ3v) is 3.88. The van der Waals surface area contributed by atoms with Crippen LogP contribution in [0.1, 0.15) is 45.5 Å².